The van der Waals surface area contributed by atoms with E-state index in [2.05, 4.69) is 0 Å². The Bertz CT molecular complexity index is 562. The summed E-state index contributed by atoms with van der Waals surface area (Å²) in [4.78, 5) is 0. The van der Waals surface area contributed by atoms with Gasteiger partial charge >= 0.3 is 0 Å². The summed E-state index contributed by atoms with van der Waals surface area (Å²) >= 11 is 17.8. The molecule has 0 aromatic heterocycles. The number of benzene rings is 2. The molecule has 0 aliphatic carbocycles. The second-order valence-electron chi connectivity index (χ2n) is 3.63. The van der Waals surface area contributed by atoms with Crippen molar-refractivity contribution >= 4 is 34.8 Å². The van der Waals surface area contributed by atoms with Crippen molar-refractivity contribution < 1.29 is 8.78 Å². The number of hydrogen-bond donors (Lipinski definition) is 0. The van der Waals surface area contributed by atoms with E-state index in [-0.39, 0.29) is 10.6 Å². The zero-order chi connectivity index (χ0) is 13.3. The van der Waals surface area contributed by atoms with Crippen molar-refractivity contribution in [3.05, 3.63) is 57.0 Å². The Kier molecular flexibility index (Phi) is 4.10. The molecule has 0 nitrogen and oxygen atoms in total. The number of halogens is 5. The van der Waals surface area contributed by atoms with E-state index in [1.807, 2.05) is 0 Å². The fourth-order valence-electron chi connectivity index (χ4n) is 1.64. The Balaban J connectivity index is 2.62. The van der Waals surface area contributed by atoms with Crippen LogP contribution in [-0.4, -0.2) is 0 Å². The van der Waals surface area contributed by atoms with Gasteiger partial charge in [0, 0.05) is 26.2 Å². The lowest BCUT2D eigenvalue weighted by Gasteiger charge is -2.10. The minimum absolute atomic E-state index is 0.0249. The molecule has 0 heterocycles. The third kappa shape index (κ3) is 2.61. The Morgan fingerprint density at radius 1 is 0.833 bits per heavy atom. The normalized spacial score (nSPS) is 11.0. The second kappa shape index (κ2) is 5.43. The standard InChI is InChI=1S/C13H7Cl3F2/c14-9-5-4-7(6-8(9)13(17)18)12-10(15)2-1-3-11(12)16/h1-6,13H. The summed E-state index contributed by atoms with van der Waals surface area (Å²) in [6.07, 6.45) is -2.64. The van der Waals surface area contributed by atoms with Crippen molar-refractivity contribution in [2.24, 2.45) is 0 Å². The minimum atomic E-state index is -2.64. The maximum absolute atomic E-state index is 12.8. The van der Waals surface area contributed by atoms with Crippen LogP contribution in [0.15, 0.2) is 36.4 Å². The minimum Gasteiger partial charge on any atom is -0.205 e. The molecule has 0 bridgehead atoms. The fourth-order valence-corrected chi connectivity index (χ4v) is 2.46. The quantitative estimate of drug-likeness (QED) is 0.615. The maximum Gasteiger partial charge on any atom is 0.265 e. The Labute approximate surface area is 118 Å². The molecule has 0 unspecified atom stereocenters. The zero-order valence-corrected chi connectivity index (χ0v) is 11.2. The van der Waals surface area contributed by atoms with Crippen molar-refractivity contribution in [2.45, 2.75) is 6.43 Å². The van der Waals surface area contributed by atoms with Gasteiger partial charge in [-0.15, -0.1) is 0 Å². The van der Waals surface area contributed by atoms with Gasteiger partial charge in [0.15, 0.2) is 0 Å². The smallest absolute Gasteiger partial charge is 0.205 e. The molecule has 0 atom stereocenters. The van der Waals surface area contributed by atoms with Gasteiger partial charge in [0.2, 0.25) is 0 Å². The first-order valence-corrected chi connectivity index (χ1v) is 6.16. The van der Waals surface area contributed by atoms with E-state index in [1.54, 1.807) is 24.3 Å². The first-order chi connectivity index (χ1) is 8.50. The van der Waals surface area contributed by atoms with E-state index in [4.69, 9.17) is 34.8 Å². The molecule has 2 rings (SSSR count). The number of alkyl halides is 2. The summed E-state index contributed by atoms with van der Waals surface area (Å²) in [5, 5.41) is 0.840. The van der Waals surface area contributed by atoms with E-state index in [1.165, 1.54) is 12.1 Å². The van der Waals surface area contributed by atoms with Gasteiger partial charge in [-0.1, -0.05) is 46.9 Å². The third-order valence-corrected chi connectivity index (χ3v) is 3.46. The van der Waals surface area contributed by atoms with Crippen LogP contribution >= 0.6 is 34.8 Å². The SMILES string of the molecule is FC(F)c1cc(-c2c(Cl)cccc2Cl)ccc1Cl. The van der Waals surface area contributed by atoms with Crippen LogP contribution in [0.5, 0.6) is 0 Å². The fraction of sp³-hybridized carbons (Fsp3) is 0.0769. The lowest BCUT2D eigenvalue weighted by atomic mass is 10.0. The summed E-state index contributed by atoms with van der Waals surface area (Å²) in [6, 6.07) is 9.33. The monoisotopic (exact) mass is 306 g/mol. The van der Waals surface area contributed by atoms with Gasteiger partial charge in [0.05, 0.1) is 0 Å². The molecular formula is C13H7Cl3F2. The van der Waals surface area contributed by atoms with Gasteiger partial charge in [-0.25, -0.2) is 8.78 Å². The van der Waals surface area contributed by atoms with Gasteiger partial charge in [-0.05, 0) is 29.8 Å². The number of rotatable bonds is 2. The van der Waals surface area contributed by atoms with Gasteiger partial charge in [0.1, 0.15) is 0 Å². The molecule has 0 saturated carbocycles. The first kappa shape index (κ1) is 13.6. The van der Waals surface area contributed by atoms with Crippen molar-refractivity contribution in [2.75, 3.05) is 0 Å². The van der Waals surface area contributed by atoms with Gasteiger partial charge in [0.25, 0.3) is 6.43 Å². The molecule has 0 N–H and O–H groups in total. The van der Waals surface area contributed by atoms with Crippen molar-refractivity contribution in [1.82, 2.24) is 0 Å². The lowest BCUT2D eigenvalue weighted by molar-refractivity contribution is 0.151. The van der Waals surface area contributed by atoms with E-state index < -0.39 is 6.43 Å². The van der Waals surface area contributed by atoms with Gasteiger partial charge < -0.3 is 0 Å². The summed E-state index contributed by atoms with van der Waals surface area (Å²) < 4.78 is 25.5. The summed E-state index contributed by atoms with van der Waals surface area (Å²) in [6.45, 7) is 0. The summed E-state index contributed by atoms with van der Waals surface area (Å²) in [5.74, 6) is 0. The maximum atomic E-state index is 12.8. The molecule has 18 heavy (non-hydrogen) atoms. The molecule has 0 amide bonds. The van der Waals surface area contributed by atoms with Crippen molar-refractivity contribution in [3.8, 4) is 11.1 Å². The topological polar surface area (TPSA) is 0 Å². The van der Waals surface area contributed by atoms with Gasteiger partial charge in [-0.3, -0.25) is 0 Å². The van der Waals surface area contributed by atoms with E-state index in [9.17, 15) is 8.78 Å². The van der Waals surface area contributed by atoms with Gasteiger partial charge in [-0.2, -0.15) is 0 Å². The third-order valence-electron chi connectivity index (χ3n) is 2.48. The largest absolute Gasteiger partial charge is 0.265 e. The molecule has 0 fully saturated rings. The van der Waals surface area contributed by atoms with Crippen LogP contribution in [-0.2, 0) is 0 Å². The summed E-state index contributed by atoms with van der Waals surface area (Å²) in [5.41, 5.74) is 0.815. The highest BCUT2D eigenvalue weighted by molar-refractivity contribution is 6.39. The first-order valence-electron chi connectivity index (χ1n) is 5.02. The second-order valence-corrected chi connectivity index (χ2v) is 4.86. The molecule has 0 radical (unpaired) electrons. The molecule has 2 aromatic rings. The van der Waals surface area contributed by atoms with E-state index in [0.29, 0.717) is 21.2 Å². The molecule has 0 aliphatic rings. The highest BCUT2D eigenvalue weighted by atomic mass is 35.5. The van der Waals surface area contributed by atoms with Crippen molar-refractivity contribution in [1.29, 1.82) is 0 Å². The highest BCUT2D eigenvalue weighted by Gasteiger charge is 2.15. The van der Waals surface area contributed by atoms with Crippen LogP contribution in [0, 0.1) is 0 Å². The lowest BCUT2D eigenvalue weighted by Crippen LogP contribution is -1.89. The Morgan fingerprint density at radius 2 is 1.44 bits per heavy atom. The predicted molar refractivity (Wildman–Crippen MR) is 71.9 cm³/mol. The van der Waals surface area contributed by atoms with Crippen LogP contribution in [0.3, 0.4) is 0 Å². The van der Waals surface area contributed by atoms with Crippen LogP contribution in [0.4, 0.5) is 8.78 Å². The van der Waals surface area contributed by atoms with Crippen LogP contribution in [0.25, 0.3) is 11.1 Å². The predicted octanol–water partition coefficient (Wildman–Crippen LogP) is 6.25. The molecule has 0 spiro atoms. The van der Waals surface area contributed by atoms with Crippen LogP contribution < -0.4 is 0 Å². The highest BCUT2D eigenvalue weighted by Crippen LogP contribution is 2.37. The van der Waals surface area contributed by atoms with Crippen LogP contribution in [0.2, 0.25) is 15.1 Å². The Hall–Kier alpha value is -0.830. The molecule has 5 heteroatoms. The Morgan fingerprint density at radius 3 is 2.00 bits per heavy atom. The van der Waals surface area contributed by atoms with E-state index in [0.717, 1.165) is 0 Å². The van der Waals surface area contributed by atoms with Crippen LogP contribution in [0.1, 0.15) is 12.0 Å². The van der Waals surface area contributed by atoms with E-state index >= 15 is 0 Å². The molecular weight excluding hydrogens is 300 g/mol. The summed E-state index contributed by atoms with van der Waals surface area (Å²) in [7, 11) is 0. The molecule has 94 valence electrons. The average Bonchev–Trinajstić information content (AvgIpc) is 2.30. The molecule has 0 saturated heterocycles. The average molecular weight is 308 g/mol. The van der Waals surface area contributed by atoms with Crippen molar-refractivity contribution in [3.63, 3.8) is 0 Å². The number of hydrogen-bond acceptors (Lipinski definition) is 0. The molecule has 0 aliphatic heterocycles. The molecule has 2 aromatic carbocycles. The zero-order valence-electron chi connectivity index (χ0n) is 8.93.